The van der Waals surface area contributed by atoms with E-state index in [9.17, 15) is 19.5 Å². The lowest BCUT2D eigenvalue weighted by Gasteiger charge is -2.18. The molecule has 3 heterocycles. The summed E-state index contributed by atoms with van der Waals surface area (Å²) < 4.78 is 5.25. The average Bonchev–Trinajstić information content (AvgIpc) is 3.43. The van der Waals surface area contributed by atoms with Crippen LogP contribution < -0.4 is 5.32 Å². The molecule has 2 atom stereocenters. The molecule has 1 fully saturated rings. The van der Waals surface area contributed by atoms with E-state index in [0.29, 0.717) is 12.3 Å². The Morgan fingerprint density at radius 3 is 2.86 bits per heavy atom. The molecule has 2 amide bonds. The van der Waals surface area contributed by atoms with E-state index < -0.39 is 23.8 Å². The molecule has 29 heavy (non-hydrogen) atoms. The first kappa shape index (κ1) is 18.8. The zero-order valence-electron chi connectivity index (χ0n) is 15.6. The predicted octanol–water partition coefficient (Wildman–Crippen LogP) is 1.92. The van der Waals surface area contributed by atoms with Gasteiger partial charge in [0.25, 0.3) is 0 Å². The van der Waals surface area contributed by atoms with E-state index in [1.54, 1.807) is 23.2 Å². The molecule has 1 aromatic carbocycles. The second-order valence-electron chi connectivity index (χ2n) is 7.22. The van der Waals surface area contributed by atoms with Gasteiger partial charge in [0.2, 0.25) is 11.8 Å². The topological polar surface area (TPSA) is 116 Å². The summed E-state index contributed by atoms with van der Waals surface area (Å²) in [6.07, 6.45) is 3.51. The number of aromatic nitrogens is 1. The standard InChI is InChI=1S/C21H21N3O5/c25-19-9-14(11-24(19)12-15-4-3-7-29-15)20(26)23-18(21(27)28)8-13-10-22-17-6-2-1-5-16(13)17/h1-7,10,14,18,22H,8-9,11-12H2,(H,23,26)(H,27,28)/t14-,18+/m1/s1. The van der Waals surface area contributed by atoms with Gasteiger partial charge >= 0.3 is 5.97 Å². The number of carboxylic acid groups (broad SMARTS) is 1. The number of nitrogens with zero attached hydrogens (tertiary/aromatic N) is 1. The molecule has 8 nitrogen and oxygen atoms in total. The van der Waals surface area contributed by atoms with Crippen LogP contribution in [0.3, 0.4) is 0 Å². The number of carbonyl (C=O) groups is 3. The Bertz CT molecular complexity index is 1040. The third kappa shape index (κ3) is 4.01. The quantitative estimate of drug-likeness (QED) is 0.565. The van der Waals surface area contributed by atoms with Crippen LogP contribution in [-0.4, -0.2) is 45.4 Å². The van der Waals surface area contributed by atoms with Crippen LogP contribution in [0.1, 0.15) is 17.7 Å². The van der Waals surface area contributed by atoms with Gasteiger partial charge in [0, 0.05) is 36.5 Å². The summed E-state index contributed by atoms with van der Waals surface area (Å²) in [6.45, 7) is 0.540. The summed E-state index contributed by atoms with van der Waals surface area (Å²) in [7, 11) is 0. The van der Waals surface area contributed by atoms with Crippen LogP contribution in [0.5, 0.6) is 0 Å². The van der Waals surface area contributed by atoms with Crippen molar-refractivity contribution >= 4 is 28.7 Å². The number of aliphatic carboxylic acids is 1. The first-order valence-corrected chi connectivity index (χ1v) is 9.39. The Kier molecular flexibility index (Phi) is 5.07. The van der Waals surface area contributed by atoms with Crippen molar-refractivity contribution < 1.29 is 23.9 Å². The minimum Gasteiger partial charge on any atom is -0.480 e. The van der Waals surface area contributed by atoms with Crippen LogP contribution in [0.25, 0.3) is 10.9 Å². The molecule has 3 N–H and O–H groups in total. The lowest BCUT2D eigenvalue weighted by Crippen LogP contribution is -2.45. The summed E-state index contributed by atoms with van der Waals surface area (Å²) in [5.41, 5.74) is 1.73. The maximum Gasteiger partial charge on any atom is 0.326 e. The van der Waals surface area contributed by atoms with E-state index in [0.717, 1.165) is 16.5 Å². The number of nitrogens with one attached hydrogen (secondary N) is 2. The van der Waals surface area contributed by atoms with Crippen LogP contribution in [0.15, 0.2) is 53.3 Å². The molecule has 0 aliphatic carbocycles. The Balaban J connectivity index is 1.41. The number of para-hydroxylation sites is 1. The summed E-state index contributed by atoms with van der Waals surface area (Å²) in [5, 5.41) is 13.1. The van der Waals surface area contributed by atoms with Crippen molar-refractivity contribution in [3.63, 3.8) is 0 Å². The molecule has 0 radical (unpaired) electrons. The van der Waals surface area contributed by atoms with Crippen molar-refractivity contribution in [2.75, 3.05) is 6.54 Å². The molecule has 0 spiro atoms. The first-order chi connectivity index (χ1) is 14.0. The third-order valence-electron chi connectivity index (χ3n) is 5.23. The van der Waals surface area contributed by atoms with Crippen molar-refractivity contribution in [3.8, 4) is 0 Å². The number of likely N-dealkylation sites (tertiary alicyclic amines) is 1. The normalized spacial score (nSPS) is 17.6. The molecule has 0 saturated carbocycles. The van der Waals surface area contributed by atoms with E-state index >= 15 is 0 Å². The van der Waals surface area contributed by atoms with Crippen molar-refractivity contribution in [3.05, 3.63) is 60.2 Å². The zero-order valence-corrected chi connectivity index (χ0v) is 15.6. The van der Waals surface area contributed by atoms with Gasteiger partial charge in [0.15, 0.2) is 0 Å². The molecule has 1 saturated heterocycles. The Labute approximate surface area is 166 Å². The van der Waals surface area contributed by atoms with Gasteiger partial charge in [-0.2, -0.15) is 0 Å². The minimum absolute atomic E-state index is 0.0615. The fraction of sp³-hybridized carbons (Fsp3) is 0.286. The van der Waals surface area contributed by atoms with Crippen molar-refractivity contribution in [1.29, 1.82) is 0 Å². The molecule has 150 valence electrons. The van der Waals surface area contributed by atoms with Gasteiger partial charge in [-0.1, -0.05) is 18.2 Å². The largest absolute Gasteiger partial charge is 0.480 e. The first-order valence-electron chi connectivity index (χ1n) is 9.39. The van der Waals surface area contributed by atoms with Gasteiger partial charge in [-0.3, -0.25) is 9.59 Å². The monoisotopic (exact) mass is 395 g/mol. The van der Waals surface area contributed by atoms with Crippen LogP contribution in [0, 0.1) is 5.92 Å². The number of carboxylic acids is 1. The van der Waals surface area contributed by atoms with Crippen LogP contribution in [-0.2, 0) is 27.3 Å². The molecule has 3 aromatic rings. The van der Waals surface area contributed by atoms with Crippen LogP contribution in [0.4, 0.5) is 0 Å². The lowest BCUT2D eigenvalue weighted by molar-refractivity contribution is -0.142. The number of rotatable bonds is 7. The second-order valence-corrected chi connectivity index (χ2v) is 7.22. The molecule has 8 heteroatoms. The molecule has 2 aromatic heterocycles. The van der Waals surface area contributed by atoms with E-state index in [2.05, 4.69) is 10.3 Å². The molecule has 4 rings (SSSR count). The summed E-state index contributed by atoms with van der Waals surface area (Å²) in [5.74, 6) is -1.62. The molecule has 0 unspecified atom stereocenters. The van der Waals surface area contributed by atoms with Gasteiger partial charge in [-0.05, 0) is 23.8 Å². The number of fused-ring (bicyclic) bond motifs is 1. The SMILES string of the molecule is O=C(N[C@@H](Cc1c[nH]c2ccccc12)C(=O)O)[C@@H]1CC(=O)N(Cc2ccco2)C1. The van der Waals surface area contributed by atoms with Gasteiger partial charge in [0.05, 0.1) is 18.7 Å². The van der Waals surface area contributed by atoms with E-state index in [1.807, 2.05) is 24.3 Å². The number of hydrogen-bond acceptors (Lipinski definition) is 4. The smallest absolute Gasteiger partial charge is 0.326 e. The average molecular weight is 395 g/mol. The minimum atomic E-state index is -1.11. The summed E-state index contributed by atoms with van der Waals surface area (Å²) in [4.78, 5) is 41.3. The van der Waals surface area contributed by atoms with Gasteiger partial charge in [-0.15, -0.1) is 0 Å². The maximum absolute atomic E-state index is 12.7. The Morgan fingerprint density at radius 1 is 1.28 bits per heavy atom. The van der Waals surface area contributed by atoms with Gasteiger partial charge < -0.3 is 24.7 Å². The Morgan fingerprint density at radius 2 is 2.10 bits per heavy atom. The zero-order chi connectivity index (χ0) is 20.4. The molecule has 1 aliphatic heterocycles. The molecule has 0 bridgehead atoms. The van der Waals surface area contributed by atoms with Crippen LogP contribution in [0.2, 0.25) is 0 Å². The van der Waals surface area contributed by atoms with Gasteiger partial charge in [0.1, 0.15) is 11.8 Å². The number of carbonyl (C=O) groups excluding carboxylic acids is 2. The summed E-state index contributed by atoms with van der Waals surface area (Å²) >= 11 is 0. The van der Waals surface area contributed by atoms with Gasteiger partial charge in [-0.25, -0.2) is 4.79 Å². The van der Waals surface area contributed by atoms with Crippen molar-refractivity contribution in [2.45, 2.75) is 25.4 Å². The molecular weight excluding hydrogens is 374 g/mol. The van der Waals surface area contributed by atoms with Crippen LogP contribution >= 0.6 is 0 Å². The maximum atomic E-state index is 12.7. The number of furan rings is 1. The number of aromatic amines is 1. The highest BCUT2D eigenvalue weighted by Gasteiger charge is 2.36. The molecule has 1 aliphatic rings. The third-order valence-corrected chi connectivity index (χ3v) is 5.23. The number of H-pyrrole nitrogens is 1. The summed E-state index contributed by atoms with van der Waals surface area (Å²) in [6, 6.07) is 10.0. The Hall–Kier alpha value is -3.55. The number of amides is 2. The van der Waals surface area contributed by atoms with E-state index in [1.165, 1.54) is 6.26 Å². The fourth-order valence-corrected chi connectivity index (χ4v) is 3.70. The molecular formula is C21H21N3O5. The highest BCUT2D eigenvalue weighted by molar-refractivity contribution is 5.92. The fourth-order valence-electron chi connectivity index (χ4n) is 3.70. The lowest BCUT2D eigenvalue weighted by atomic mass is 10.0. The van der Waals surface area contributed by atoms with E-state index in [4.69, 9.17) is 4.42 Å². The highest BCUT2D eigenvalue weighted by atomic mass is 16.4. The predicted molar refractivity (Wildman–Crippen MR) is 104 cm³/mol. The highest BCUT2D eigenvalue weighted by Crippen LogP contribution is 2.22. The number of benzene rings is 1. The number of hydrogen-bond donors (Lipinski definition) is 3. The van der Waals surface area contributed by atoms with E-state index in [-0.39, 0.29) is 25.3 Å². The van der Waals surface area contributed by atoms with Crippen molar-refractivity contribution in [1.82, 2.24) is 15.2 Å². The second kappa shape index (κ2) is 7.83. The van der Waals surface area contributed by atoms with Crippen molar-refractivity contribution in [2.24, 2.45) is 5.92 Å².